The van der Waals surface area contributed by atoms with Gasteiger partial charge in [-0.3, -0.25) is 0 Å². The Bertz CT molecular complexity index is 433. The Morgan fingerprint density at radius 1 is 1.35 bits per heavy atom. The SMILES string of the molecule is C=C1C(=O)O[C@H](c2ccc(OC)cc2)[C@@H]1CC. The molecule has 0 aliphatic carbocycles. The van der Waals surface area contributed by atoms with Gasteiger partial charge in [0.05, 0.1) is 7.11 Å². The third-order valence-corrected chi connectivity index (χ3v) is 3.19. The molecule has 1 saturated heterocycles. The van der Waals surface area contributed by atoms with Crippen molar-refractivity contribution >= 4 is 5.97 Å². The number of hydrogen-bond donors (Lipinski definition) is 0. The van der Waals surface area contributed by atoms with E-state index in [2.05, 4.69) is 6.58 Å². The lowest BCUT2D eigenvalue weighted by Gasteiger charge is -2.16. The monoisotopic (exact) mass is 232 g/mol. The fourth-order valence-electron chi connectivity index (χ4n) is 2.16. The van der Waals surface area contributed by atoms with E-state index in [1.165, 1.54) is 0 Å². The van der Waals surface area contributed by atoms with Gasteiger partial charge in [0.15, 0.2) is 0 Å². The van der Waals surface area contributed by atoms with Gasteiger partial charge in [0, 0.05) is 11.5 Å². The maximum Gasteiger partial charge on any atom is 0.334 e. The lowest BCUT2D eigenvalue weighted by molar-refractivity contribution is -0.139. The average Bonchev–Trinajstić information content (AvgIpc) is 2.65. The summed E-state index contributed by atoms with van der Waals surface area (Å²) in [6.07, 6.45) is 0.646. The van der Waals surface area contributed by atoms with E-state index in [4.69, 9.17) is 9.47 Å². The number of hydrogen-bond acceptors (Lipinski definition) is 3. The Morgan fingerprint density at radius 3 is 2.53 bits per heavy atom. The number of carbonyl (C=O) groups excluding carboxylic acids is 1. The molecule has 1 heterocycles. The normalized spacial score (nSPS) is 23.6. The van der Waals surface area contributed by atoms with Crippen LogP contribution < -0.4 is 4.74 Å². The summed E-state index contributed by atoms with van der Waals surface area (Å²) in [6.45, 7) is 5.83. The van der Waals surface area contributed by atoms with E-state index in [9.17, 15) is 4.79 Å². The van der Waals surface area contributed by atoms with Crippen LogP contribution in [0.1, 0.15) is 25.0 Å². The zero-order valence-corrected chi connectivity index (χ0v) is 10.1. The number of methoxy groups -OCH3 is 1. The molecule has 17 heavy (non-hydrogen) atoms. The highest BCUT2D eigenvalue weighted by Gasteiger charge is 2.38. The van der Waals surface area contributed by atoms with E-state index in [0.29, 0.717) is 5.57 Å². The fourth-order valence-corrected chi connectivity index (χ4v) is 2.16. The van der Waals surface area contributed by atoms with E-state index in [1.807, 2.05) is 31.2 Å². The van der Waals surface area contributed by atoms with Gasteiger partial charge in [-0.25, -0.2) is 4.79 Å². The maximum atomic E-state index is 11.5. The van der Waals surface area contributed by atoms with Crippen LogP contribution in [0.15, 0.2) is 36.4 Å². The molecule has 90 valence electrons. The standard InChI is InChI=1S/C14H16O3/c1-4-12-9(2)14(15)17-13(12)10-5-7-11(16-3)8-6-10/h5-8,12-13H,2,4H2,1,3H3/t12-,13-/m1/s1. The van der Waals surface area contributed by atoms with Crippen molar-refractivity contribution in [1.29, 1.82) is 0 Å². The van der Waals surface area contributed by atoms with Crippen molar-refractivity contribution < 1.29 is 14.3 Å². The van der Waals surface area contributed by atoms with Gasteiger partial charge in [-0.2, -0.15) is 0 Å². The Kier molecular flexibility index (Phi) is 3.18. The van der Waals surface area contributed by atoms with Crippen molar-refractivity contribution in [1.82, 2.24) is 0 Å². The highest BCUT2D eigenvalue weighted by molar-refractivity contribution is 5.90. The van der Waals surface area contributed by atoms with Gasteiger partial charge >= 0.3 is 5.97 Å². The molecule has 0 unspecified atom stereocenters. The van der Waals surface area contributed by atoms with Crippen LogP contribution in [0.25, 0.3) is 0 Å². The summed E-state index contributed by atoms with van der Waals surface area (Å²) in [5, 5.41) is 0. The Balaban J connectivity index is 2.26. The van der Waals surface area contributed by atoms with Crippen molar-refractivity contribution in [2.45, 2.75) is 19.4 Å². The molecule has 0 radical (unpaired) electrons. The topological polar surface area (TPSA) is 35.5 Å². The second kappa shape index (κ2) is 4.62. The maximum absolute atomic E-state index is 11.5. The molecule has 0 spiro atoms. The van der Waals surface area contributed by atoms with Gasteiger partial charge in [-0.05, 0) is 24.1 Å². The minimum absolute atomic E-state index is 0.0795. The van der Waals surface area contributed by atoms with Gasteiger partial charge < -0.3 is 9.47 Å². The summed E-state index contributed by atoms with van der Waals surface area (Å²) in [4.78, 5) is 11.5. The molecule has 2 rings (SSSR count). The summed E-state index contributed by atoms with van der Waals surface area (Å²) < 4.78 is 10.5. The quantitative estimate of drug-likeness (QED) is 0.593. The Labute approximate surface area is 101 Å². The lowest BCUT2D eigenvalue weighted by Crippen LogP contribution is -2.07. The van der Waals surface area contributed by atoms with Crippen molar-refractivity contribution in [3.63, 3.8) is 0 Å². The highest BCUT2D eigenvalue weighted by atomic mass is 16.6. The average molecular weight is 232 g/mol. The summed E-state index contributed by atoms with van der Waals surface area (Å²) >= 11 is 0. The second-order valence-electron chi connectivity index (χ2n) is 4.14. The number of ether oxygens (including phenoxy) is 2. The summed E-state index contributed by atoms with van der Waals surface area (Å²) in [5.41, 5.74) is 1.57. The molecule has 3 heteroatoms. The molecule has 2 atom stereocenters. The molecule has 1 fully saturated rings. The first-order valence-electron chi connectivity index (χ1n) is 5.71. The molecule has 1 aliphatic rings. The molecule has 0 bridgehead atoms. The van der Waals surface area contributed by atoms with E-state index < -0.39 is 0 Å². The molecule has 0 saturated carbocycles. The molecule has 0 N–H and O–H groups in total. The third-order valence-electron chi connectivity index (χ3n) is 3.19. The Morgan fingerprint density at radius 2 is 2.00 bits per heavy atom. The highest BCUT2D eigenvalue weighted by Crippen LogP contribution is 2.40. The lowest BCUT2D eigenvalue weighted by atomic mass is 9.90. The van der Waals surface area contributed by atoms with Gasteiger partial charge in [0.25, 0.3) is 0 Å². The summed E-state index contributed by atoms with van der Waals surface area (Å²) in [7, 11) is 1.63. The van der Waals surface area contributed by atoms with E-state index in [0.717, 1.165) is 17.7 Å². The van der Waals surface area contributed by atoms with Crippen LogP contribution in [0.3, 0.4) is 0 Å². The van der Waals surface area contributed by atoms with Gasteiger partial charge in [0.2, 0.25) is 0 Å². The molecule has 0 aromatic heterocycles. The van der Waals surface area contributed by atoms with Gasteiger partial charge in [-0.1, -0.05) is 25.6 Å². The van der Waals surface area contributed by atoms with E-state index >= 15 is 0 Å². The number of esters is 1. The van der Waals surface area contributed by atoms with Gasteiger partial charge in [-0.15, -0.1) is 0 Å². The number of benzene rings is 1. The van der Waals surface area contributed by atoms with Crippen LogP contribution >= 0.6 is 0 Å². The van der Waals surface area contributed by atoms with Crippen LogP contribution in [0.2, 0.25) is 0 Å². The first kappa shape index (κ1) is 11.7. The second-order valence-corrected chi connectivity index (χ2v) is 4.14. The van der Waals surface area contributed by atoms with Crippen molar-refractivity contribution in [2.24, 2.45) is 5.92 Å². The smallest absolute Gasteiger partial charge is 0.334 e. The van der Waals surface area contributed by atoms with Crippen molar-refractivity contribution in [3.8, 4) is 5.75 Å². The number of carbonyl (C=O) groups is 1. The molecule has 1 aromatic rings. The number of rotatable bonds is 3. The molecular weight excluding hydrogens is 216 g/mol. The largest absolute Gasteiger partial charge is 0.497 e. The zero-order valence-electron chi connectivity index (χ0n) is 10.1. The van der Waals surface area contributed by atoms with Crippen molar-refractivity contribution in [3.05, 3.63) is 42.0 Å². The number of cyclic esters (lactones) is 1. The molecule has 1 aliphatic heterocycles. The minimum Gasteiger partial charge on any atom is -0.497 e. The van der Waals surface area contributed by atoms with Crippen molar-refractivity contribution in [2.75, 3.05) is 7.11 Å². The van der Waals surface area contributed by atoms with Crippen LogP contribution in [-0.2, 0) is 9.53 Å². The molecule has 3 nitrogen and oxygen atoms in total. The predicted molar refractivity (Wildman–Crippen MR) is 64.7 cm³/mol. The third kappa shape index (κ3) is 2.05. The Hall–Kier alpha value is -1.77. The van der Waals surface area contributed by atoms with Crippen LogP contribution in [-0.4, -0.2) is 13.1 Å². The summed E-state index contributed by atoms with van der Waals surface area (Å²) in [5.74, 6) is 0.596. The van der Waals surface area contributed by atoms with Crippen LogP contribution in [0.5, 0.6) is 5.75 Å². The van der Waals surface area contributed by atoms with Crippen LogP contribution in [0.4, 0.5) is 0 Å². The molecular formula is C14H16O3. The molecule has 1 aromatic carbocycles. The van der Waals surface area contributed by atoms with E-state index in [1.54, 1.807) is 7.11 Å². The predicted octanol–water partition coefficient (Wildman–Crippen LogP) is 2.88. The van der Waals surface area contributed by atoms with Gasteiger partial charge in [0.1, 0.15) is 11.9 Å². The van der Waals surface area contributed by atoms with Crippen LogP contribution in [0, 0.1) is 5.92 Å². The zero-order chi connectivity index (χ0) is 12.4. The summed E-state index contributed by atoms with van der Waals surface area (Å²) in [6, 6.07) is 7.60. The first-order chi connectivity index (χ1) is 8.17. The first-order valence-corrected chi connectivity index (χ1v) is 5.71. The van der Waals surface area contributed by atoms with E-state index in [-0.39, 0.29) is 18.0 Å². The fraction of sp³-hybridized carbons (Fsp3) is 0.357. The minimum atomic E-state index is -0.280. The molecule has 0 amide bonds.